The van der Waals surface area contributed by atoms with Gasteiger partial charge in [-0.1, -0.05) is 33.1 Å². The third kappa shape index (κ3) is 4.44. The smallest absolute Gasteiger partial charge is 0.319 e. The molecule has 1 aliphatic carbocycles. The number of hydrogen-bond donors (Lipinski definition) is 2. The highest BCUT2D eigenvalue weighted by Crippen LogP contribution is 2.35. The number of amides is 3. The van der Waals surface area contributed by atoms with Crippen LogP contribution in [-0.4, -0.2) is 31.1 Å². The zero-order chi connectivity index (χ0) is 17.8. The number of hydrogen-bond acceptors (Lipinski definition) is 3. The van der Waals surface area contributed by atoms with E-state index in [1.165, 1.54) is 19.3 Å². The lowest BCUT2D eigenvalue weighted by molar-refractivity contribution is -0.121. The molecule has 1 aromatic rings. The molecule has 1 aromatic carbocycles. The minimum Gasteiger partial charge on any atom is -0.481 e. The molecule has 1 aliphatic heterocycles. The van der Waals surface area contributed by atoms with E-state index in [0.29, 0.717) is 23.9 Å². The fourth-order valence-electron chi connectivity index (χ4n) is 3.45. The summed E-state index contributed by atoms with van der Waals surface area (Å²) < 4.78 is 5.56. The molecule has 0 unspecified atom stereocenters. The van der Waals surface area contributed by atoms with Crippen molar-refractivity contribution in [3.05, 3.63) is 18.2 Å². The van der Waals surface area contributed by atoms with Crippen molar-refractivity contribution in [3.63, 3.8) is 0 Å². The summed E-state index contributed by atoms with van der Waals surface area (Å²) in [6, 6.07) is 5.52. The first-order chi connectivity index (χ1) is 12.0. The van der Waals surface area contributed by atoms with E-state index in [0.717, 1.165) is 18.5 Å². The fourth-order valence-corrected chi connectivity index (χ4v) is 3.45. The van der Waals surface area contributed by atoms with Gasteiger partial charge >= 0.3 is 6.03 Å². The first kappa shape index (κ1) is 17.6. The van der Waals surface area contributed by atoms with Crippen molar-refractivity contribution in [1.29, 1.82) is 0 Å². The van der Waals surface area contributed by atoms with E-state index >= 15 is 0 Å². The number of nitrogens with one attached hydrogen (secondary N) is 2. The third-order valence-corrected chi connectivity index (χ3v) is 4.65. The standard InChI is InChI=1S/C19H27N3O3/c1-13(2)11-22-16-9-8-15(10-17(16)25-12-18(22)23)21-19(24)20-14-6-4-3-5-7-14/h8-10,13-14H,3-7,11-12H2,1-2H3,(H2,20,21,24). The summed E-state index contributed by atoms with van der Waals surface area (Å²) in [5.41, 5.74) is 1.44. The average Bonchev–Trinajstić information content (AvgIpc) is 2.58. The average molecular weight is 345 g/mol. The van der Waals surface area contributed by atoms with Crippen LogP contribution in [0.5, 0.6) is 5.75 Å². The maximum Gasteiger partial charge on any atom is 0.319 e. The molecule has 0 atom stereocenters. The van der Waals surface area contributed by atoms with Crippen LogP contribution in [0.1, 0.15) is 46.0 Å². The van der Waals surface area contributed by atoms with Gasteiger partial charge in [0.15, 0.2) is 6.61 Å². The maximum atomic E-state index is 12.2. The summed E-state index contributed by atoms with van der Waals surface area (Å²) in [4.78, 5) is 26.0. The second-order valence-electron chi connectivity index (χ2n) is 7.30. The molecule has 136 valence electrons. The number of rotatable bonds is 4. The van der Waals surface area contributed by atoms with Crippen molar-refractivity contribution < 1.29 is 14.3 Å². The van der Waals surface area contributed by atoms with Gasteiger partial charge in [0.05, 0.1) is 5.69 Å². The second kappa shape index (κ2) is 7.76. The van der Waals surface area contributed by atoms with Crippen molar-refractivity contribution >= 4 is 23.3 Å². The highest BCUT2D eigenvalue weighted by atomic mass is 16.5. The summed E-state index contributed by atoms with van der Waals surface area (Å²) in [7, 11) is 0. The minimum atomic E-state index is -0.183. The molecule has 3 amide bonds. The van der Waals surface area contributed by atoms with Gasteiger partial charge in [-0.3, -0.25) is 4.79 Å². The minimum absolute atomic E-state index is 0.0306. The van der Waals surface area contributed by atoms with Gasteiger partial charge in [-0.05, 0) is 30.9 Å². The van der Waals surface area contributed by atoms with E-state index in [1.807, 2.05) is 12.1 Å². The van der Waals surface area contributed by atoms with Crippen LogP contribution in [0.15, 0.2) is 18.2 Å². The molecule has 2 aliphatic rings. The van der Waals surface area contributed by atoms with Crippen LogP contribution in [-0.2, 0) is 4.79 Å². The molecule has 0 spiro atoms. The SMILES string of the molecule is CC(C)CN1C(=O)COc2cc(NC(=O)NC3CCCCC3)ccc21. The van der Waals surface area contributed by atoms with Gasteiger partial charge in [-0.25, -0.2) is 4.79 Å². The van der Waals surface area contributed by atoms with Crippen molar-refractivity contribution in [2.24, 2.45) is 5.92 Å². The lowest BCUT2D eigenvalue weighted by atomic mass is 9.96. The Kier molecular flexibility index (Phi) is 5.46. The number of fused-ring (bicyclic) bond motifs is 1. The Hall–Kier alpha value is -2.24. The Balaban J connectivity index is 1.66. The van der Waals surface area contributed by atoms with Gasteiger partial charge in [0, 0.05) is 24.3 Å². The third-order valence-electron chi connectivity index (χ3n) is 4.65. The fraction of sp³-hybridized carbons (Fsp3) is 0.579. The molecule has 0 aromatic heterocycles. The molecule has 25 heavy (non-hydrogen) atoms. The molecular formula is C19H27N3O3. The van der Waals surface area contributed by atoms with Crippen LogP contribution < -0.4 is 20.3 Å². The molecule has 0 radical (unpaired) electrons. The van der Waals surface area contributed by atoms with E-state index in [9.17, 15) is 9.59 Å². The normalized spacial score (nSPS) is 17.9. The molecule has 1 fully saturated rings. The highest BCUT2D eigenvalue weighted by molar-refractivity contribution is 5.99. The number of nitrogens with zero attached hydrogens (tertiary/aromatic N) is 1. The Morgan fingerprint density at radius 1 is 1.28 bits per heavy atom. The van der Waals surface area contributed by atoms with Crippen LogP contribution in [0, 0.1) is 5.92 Å². The predicted molar refractivity (Wildman–Crippen MR) is 98.2 cm³/mol. The second-order valence-corrected chi connectivity index (χ2v) is 7.30. The number of ether oxygens (including phenoxy) is 1. The van der Waals surface area contributed by atoms with Gasteiger partial charge in [0.1, 0.15) is 5.75 Å². The molecular weight excluding hydrogens is 318 g/mol. The molecule has 1 saturated carbocycles. The Morgan fingerprint density at radius 3 is 2.76 bits per heavy atom. The van der Waals surface area contributed by atoms with Crippen LogP contribution in [0.3, 0.4) is 0 Å². The van der Waals surface area contributed by atoms with Gasteiger partial charge in [-0.2, -0.15) is 0 Å². The summed E-state index contributed by atoms with van der Waals surface area (Å²) >= 11 is 0. The van der Waals surface area contributed by atoms with Gasteiger partial charge < -0.3 is 20.3 Å². The zero-order valence-corrected chi connectivity index (χ0v) is 15.0. The molecule has 6 nitrogen and oxygen atoms in total. The van der Waals surface area contributed by atoms with Crippen LogP contribution in [0.25, 0.3) is 0 Å². The molecule has 1 heterocycles. The van der Waals surface area contributed by atoms with Crippen LogP contribution in [0.4, 0.5) is 16.2 Å². The Morgan fingerprint density at radius 2 is 2.04 bits per heavy atom. The van der Waals surface area contributed by atoms with Gasteiger partial charge in [0.2, 0.25) is 0 Å². The van der Waals surface area contributed by atoms with E-state index in [2.05, 4.69) is 24.5 Å². The van der Waals surface area contributed by atoms with Crippen LogP contribution >= 0.6 is 0 Å². The summed E-state index contributed by atoms with van der Waals surface area (Å²) in [5.74, 6) is 0.974. The molecule has 6 heteroatoms. The topological polar surface area (TPSA) is 70.7 Å². The summed E-state index contributed by atoms with van der Waals surface area (Å²) in [5, 5.41) is 5.91. The van der Waals surface area contributed by atoms with E-state index in [4.69, 9.17) is 4.74 Å². The van der Waals surface area contributed by atoms with Crippen molar-refractivity contribution in [1.82, 2.24) is 5.32 Å². The Bertz CT molecular complexity index is 639. The number of carbonyl (C=O) groups is 2. The Labute approximate surface area is 148 Å². The lowest BCUT2D eigenvalue weighted by Crippen LogP contribution is -2.41. The first-order valence-electron chi connectivity index (χ1n) is 9.17. The monoisotopic (exact) mass is 345 g/mol. The lowest BCUT2D eigenvalue weighted by Gasteiger charge is -2.31. The van der Waals surface area contributed by atoms with Crippen molar-refractivity contribution in [2.75, 3.05) is 23.4 Å². The number of carbonyl (C=O) groups excluding carboxylic acids is 2. The molecule has 2 N–H and O–H groups in total. The zero-order valence-electron chi connectivity index (χ0n) is 15.0. The van der Waals surface area contributed by atoms with Gasteiger partial charge in [0.25, 0.3) is 5.91 Å². The van der Waals surface area contributed by atoms with E-state index in [-0.39, 0.29) is 24.6 Å². The predicted octanol–water partition coefficient (Wildman–Crippen LogP) is 3.52. The van der Waals surface area contributed by atoms with Crippen molar-refractivity contribution in [3.8, 4) is 5.75 Å². The van der Waals surface area contributed by atoms with Gasteiger partial charge in [-0.15, -0.1) is 0 Å². The van der Waals surface area contributed by atoms with E-state index < -0.39 is 0 Å². The number of anilines is 2. The largest absolute Gasteiger partial charge is 0.481 e. The number of benzene rings is 1. The maximum absolute atomic E-state index is 12.2. The quantitative estimate of drug-likeness (QED) is 0.877. The summed E-state index contributed by atoms with van der Waals surface area (Å²) in [6.45, 7) is 4.85. The number of urea groups is 1. The first-order valence-corrected chi connectivity index (χ1v) is 9.17. The molecule has 0 saturated heterocycles. The summed E-state index contributed by atoms with van der Waals surface area (Å²) in [6.07, 6.45) is 5.71. The molecule has 3 rings (SSSR count). The van der Waals surface area contributed by atoms with E-state index in [1.54, 1.807) is 11.0 Å². The van der Waals surface area contributed by atoms with Crippen LogP contribution in [0.2, 0.25) is 0 Å². The molecule has 0 bridgehead atoms. The van der Waals surface area contributed by atoms with Crippen molar-refractivity contribution in [2.45, 2.75) is 52.0 Å². The highest BCUT2D eigenvalue weighted by Gasteiger charge is 2.26.